The molecule has 6 heteroatoms. The van der Waals surface area contributed by atoms with E-state index in [0.29, 0.717) is 17.1 Å². The van der Waals surface area contributed by atoms with Crippen molar-refractivity contribution in [1.82, 2.24) is 0 Å². The van der Waals surface area contributed by atoms with Crippen LogP contribution in [0.2, 0.25) is 0 Å². The summed E-state index contributed by atoms with van der Waals surface area (Å²) in [4.78, 5) is 14.6. The molecule has 0 saturated carbocycles. The molecule has 2 aromatic rings. The third-order valence-corrected chi connectivity index (χ3v) is 2.21. The number of benzene rings is 1. The average Bonchev–Trinajstić information content (AvgIpc) is 2.83. The predicted octanol–water partition coefficient (Wildman–Crippen LogP) is 2.52. The zero-order valence-corrected chi connectivity index (χ0v) is 9.75. The molecule has 0 aliphatic carbocycles. The minimum absolute atomic E-state index is 0.337. The number of hydrogen-bond donors (Lipinski definition) is 1. The van der Waals surface area contributed by atoms with Crippen molar-refractivity contribution < 1.29 is 23.5 Å². The van der Waals surface area contributed by atoms with E-state index in [4.69, 9.17) is 9.52 Å². The fourth-order valence-corrected chi connectivity index (χ4v) is 1.41. The second-order valence-electron chi connectivity index (χ2n) is 3.58. The van der Waals surface area contributed by atoms with E-state index in [1.807, 2.05) is 0 Å². The van der Waals surface area contributed by atoms with Crippen LogP contribution in [0.1, 0.15) is 5.76 Å². The number of hydrogen-bond acceptors (Lipinski definition) is 4. The van der Waals surface area contributed by atoms with Gasteiger partial charge in [0, 0.05) is 0 Å². The molecule has 2 rings (SSSR count). The molecule has 0 unspecified atom stereocenters. The smallest absolute Gasteiger partial charge is 0.344 e. The molecular formula is C13H10FNO4. The monoisotopic (exact) mass is 263 g/mol. The Morgan fingerprint density at radius 2 is 2.16 bits per heavy atom. The summed E-state index contributed by atoms with van der Waals surface area (Å²) in [5.74, 6) is -0.812. The van der Waals surface area contributed by atoms with E-state index in [-0.39, 0.29) is 5.82 Å². The van der Waals surface area contributed by atoms with Gasteiger partial charge in [-0.2, -0.15) is 0 Å². The number of nitrogens with zero attached hydrogens (tertiary/aromatic N) is 1. The largest absolute Gasteiger partial charge is 0.479 e. The van der Waals surface area contributed by atoms with Crippen molar-refractivity contribution in [2.24, 2.45) is 5.16 Å². The number of halogens is 1. The van der Waals surface area contributed by atoms with Crippen LogP contribution < -0.4 is 0 Å². The fourth-order valence-electron chi connectivity index (χ4n) is 1.41. The van der Waals surface area contributed by atoms with Crippen LogP contribution >= 0.6 is 0 Å². The molecule has 0 fully saturated rings. The van der Waals surface area contributed by atoms with Gasteiger partial charge in [0.25, 0.3) is 0 Å². The number of carboxylic acid groups (broad SMARTS) is 1. The first kappa shape index (κ1) is 12.8. The van der Waals surface area contributed by atoms with Gasteiger partial charge in [-0.3, -0.25) is 0 Å². The highest BCUT2D eigenvalue weighted by Crippen LogP contribution is 2.24. The van der Waals surface area contributed by atoms with Crippen LogP contribution in [0, 0.1) is 5.82 Å². The predicted molar refractivity (Wildman–Crippen MR) is 65.3 cm³/mol. The molecule has 0 atom stereocenters. The minimum Gasteiger partial charge on any atom is -0.479 e. The van der Waals surface area contributed by atoms with E-state index < -0.39 is 12.6 Å². The maximum atomic E-state index is 13.5. The molecule has 0 radical (unpaired) electrons. The molecule has 1 aromatic heterocycles. The van der Waals surface area contributed by atoms with Crippen molar-refractivity contribution in [2.45, 2.75) is 0 Å². The van der Waals surface area contributed by atoms with Crippen molar-refractivity contribution >= 4 is 12.2 Å². The summed E-state index contributed by atoms with van der Waals surface area (Å²) in [7, 11) is 0. The Morgan fingerprint density at radius 3 is 2.89 bits per heavy atom. The first-order chi connectivity index (χ1) is 9.16. The van der Waals surface area contributed by atoms with E-state index in [9.17, 15) is 9.18 Å². The summed E-state index contributed by atoms with van der Waals surface area (Å²) in [5.41, 5.74) is 0.341. The number of rotatable bonds is 5. The van der Waals surface area contributed by atoms with Crippen LogP contribution in [0.3, 0.4) is 0 Å². The Morgan fingerprint density at radius 1 is 1.37 bits per heavy atom. The van der Waals surface area contributed by atoms with E-state index in [0.717, 1.165) is 0 Å². The maximum absolute atomic E-state index is 13.5. The number of aliphatic carboxylic acids is 1. The van der Waals surface area contributed by atoms with E-state index >= 15 is 0 Å². The summed E-state index contributed by atoms with van der Waals surface area (Å²) in [5, 5.41) is 11.7. The molecular weight excluding hydrogens is 253 g/mol. The molecule has 5 nitrogen and oxygen atoms in total. The lowest BCUT2D eigenvalue weighted by molar-refractivity contribution is -0.142. The molecule has 0 aliphatic rings. The highest BCUT2D eigenvalue weighted by atomic mass is 19.1. The van der Waals surface area contributed by atoms with Crippen LogP contribution in [0.5, 0.6) is 0 Å². The summed E-state index contributed by atoms with van der Waals surface area (Å²) >= 11 is 0. The standard InChI is InChI=1S/C13H10FNO4/c14-11-4-2-1-3-10(11)12-6-5-9(19-12)7-15-18-8-13(16)17/h1-7H,8H2,(H,16,17). The van der Waals surface area contributed by atoms with Gasteiger partial charge in [-0.15, -0.1) is 0 Å². The average molecular weight is 263 g/mol. The van der Waals surface area contributed by atoms with Gasteiger partial charge < -0.3 is 14.4 Å². The van der Waals surface area contributed by atoms with Crippen LogP contribution in [-0.4, -0.2) is 23.9 Å². The molecule has 1 aromatic carbocycles. The summed E-state index contributed by atoms with van der Waals surface area (Å²) in [6.07, 6.45) is 1.22. The van der Waals surface area contributed by atoms with Crippen molar-refractivity contribution in [3.8, 4) is 11.3 Å². The molecule has 1 heterocycles. The number of furan rings is 1. The molecule has 19 heavy (non-hydrogen) atoms. The van der Waals surface area contributed by atoms with Crippen LogP contribution in [0.4, 0.5) is 4.39 Å². The Balaban J connectivity index is 2.07. The highest BCUT2D eigenvalue weighted by Gasteiger charge is 2.08. The molecule has 0 spiro atoms. The van der Waals surface area contributed by atoms with Gasteiger partial charge in [0.1, 0.15) is 23.6 Å². The van der Waals surface area contributed by atoms with Crippen molar-refractivity contribution in [3.63, 3.8) is 0 Å². The van der Waals surface area contributed by atoms with Gasteiger partial charge in [-0.1, -0.05) is 17.3 Å². The number of carboxylic acids is 1. The fraction of sp³-hybridized carbons (Fsp3) is 0.0769. The van der Waals surface area contributed by atoms with Crippen LogP contribution in [0.15, 0.2) is 46.0 Å². The zero-order chi connectivity index (χ0) is 13.7. The minimum atomic E-state index is -1.12. The maximum Gasteiger partial charge on any atom is 0.344 e. The van der Waals surface area contributed by atoms with Gasteiger partial charge in [0.05, 0.1) is 5.56 Å². The van der Waals surface area contributed by atoms with Crippen molar-refractivity contribution in [3.05, 3.63) is 48.0 Å². The molecule has 0 amide bonds. The van der Waals surface area contributed by atoms with Crippen LogP contribution in [-0.2, 0) is 9.63 Å². The quantitative estimate of drug-likeness (QED) is 0.664. The Bertz CT molecular complexity index is 606. The number of oxime groups is 1. The van der Waals surface area contributed by atoms with E-state index in [1.165, 1.54) is 12.3 Å². The second kappa shape index (κ2) is 5.81. The Kier molecular flexibility index (Phi) is 3.92. The topological polar surface area (TPSA) is 72.0 Å². The summed E-state index contributed by atoms with van der Waals surface area (Å²) < 4.78 is 18.8. The van der Waals surface area contributed by atoms with Crippen molar-refractivity contribution in [2.75, 3.05) is 6.61 Å². The molecule has 1 N–H and O–H groups in total. The third kappa shape index (κ3) is 3.41. The van der Waals surface area contributed by atoms with E-state index in [2.05, 4.69) is 9.99 Å². The normalized spacial score (nSPS) is 10.8. The Hall–Kier alpha value is -2.63. The molecule has 0 aliphatic heterocycles. The first-order valence-corrected chi connectivity index (χ1v) is 5.38. The van der Waals surface area contributed by atoms with Crippen LogP contribution in [0.25, 0.3) is 11.3 Å². The lowest BCUT2D eigenvalue weighted by Gasteiger charge is -1.97. The highest BCUT2D eigenvalue weighted by molar-refractivity contribution is 5.77. The second-order valence-corrected chi connectivity index (χ2v) is 3.58. The van der Waals surface area contributed by atoms with Gasteiger partial charge >= 0.3 is 5.97 Å². The molecule has 0 bridgehead atoms. The third-order valence-electron chi connectivity index (χ3n) is 2.21. The van der Waals surface area contributed by atoms with Gasteiger partial charge in [0.15, 0.2) is 0 Å². The lowest BCUT2D eigenvalue weighted by atomic mass is 10.1. The van der Waals surface area contributed by atoms with Gasteiger partial charge in [0.2, 0.25) is 6.61 Å². The molecule has 0 saturated heterocycles. The van der Waals surface area contributed by atoms with Gasteiger partial charge in [-0.05, 0) is 24.3 Å². The van der Waals surface area contributed by atoms with E-state index in [1.54, 1.807) is 30.3 Å². The molecule has 98 valence electrons. The first-order valence-electron chi connectivity index (χ1n) is 5.38. The lowest BCUT2D eigenvalue weighted by Crippen LogP contribution is -2.03. The Labute approximate surface area is 107 Å². The van der Waals surface area contributed by atoms with Gasteiger partial charge in [-0.25, -0.2) is 9.18 Å². The number of carbonyl (C=O) groups is 1. The summed E-state index contributed by atoms with van der Waals surface area (Å²) in [6, 6.07) is 9.39. The zero-order valence-electron chi connectivity index (χ0n) is 9.75. The summed E-state index contributed by atoms with van der Waals surface area (Å²) in [6.45, 7) is -0.530. The SMILES string of the molecule is O=C(O)CON=Cc1ccc(-c2ccccc2F)o1. The van der Waals surface area contributed by atoms with Crippen molar-refractivity contribution in [1.29, 1.82) is 0 Å².